The van der Waals surface area contributed by atoms with Crippen molar-refractivity contribution in [1.82, 2.24) is 14.3 Å². The summed E-state index contributed by atoms with van der Waals surface area (Å²) in [6, 6.07) is 10.5. The normalized spacial score (nSPS) is 16.1. The molecule has 3 heterocycles. The van der Waals surface area contributed by atoms with Gasteiger partial charge in [0, 0.05) is 53.7 Å². The number of benzene rings is 2. The molecule has 1 aliphatic heterocycles. The molecule has 2 aromatic heterocycles. The van der Waals surface area contributed by atoms with E-state index < -0.39 is 30.7 Å². The van der Waals surface area contributed by atoms with Gasteiger partial charge in [0.25, 0.3) is 12.0 Å². The zero-order valence-corrected chi connectivity index (χ0v) is 23.9. The van der Waals surface area contributed by atoms with Crippen molar-refractivity contribution < 1.29 is 32.5 Å². The van der Waals surface area contributed by atoms with Gasteiger partial charge in [0.05, 0.1) is 50.8 Å². The van der Waals surface area contributed by atoms with Gasteiger partial charge in [-0.2, -0.15) is 5.10 Å². The Hall–Kier alpha value is -3.80. The molecule has 4 aromatic rings. The number of nitrogens with zero attached hydrogens (tertiary/aromatic N) is 3. The van der Waals surface area contributed by atoms with Gasteiger partial charge in [-0.15, -0.1) is 0 Å². The standard InChI is InChI=1S/C30H30ClF2N3O6/c1-35-14-19-9-18(3-5-24(19)34-35)10-26(37)25(12-21-16-40-7-8-41-21)36-15-28(39-2)23(13-30(36)38)22-11-20(31)4-6-27(22)42-17-29(32)33/h3-6,9,11,13-15,21,25,29H,7-8,10,12,16-17H2,1-2H3. The lowest BCUT2D eigenvalue weighted by molar-refractivity contribution is -0.126. The number of hydrogen-bond donors (Lipinski definition) is 0. The Morgan fingerprint density at radius 3 is 2.67 bits per heavy atom. The van der Waals surface area contributed by atoms with Crippen LogP contribution in [0.25, 0.3) is 22.0 Å². The number of aryl methyl sites for hydroxylation is 1. The van der Waals surface area contributed by atoms with Crippen LogP contribution in [0.5, 0.6) is 11.5 Å². The number of fused-ring (bicyclic) bond motifs is 1. The zero-order valence-electron chi connectivity index (χ0n) is 23.1. The Morgan fingerprint density at radius 2 is 1.93 bits per heavy atom. The second-order valence-electron chi connectivity index (χ2n) is 10.0. The van der Waals surface area contributed by atoms with Crippen molar-refractivity contribution in [3.8, 4) is 22.6 Å². The smallest absolute Gasteiger partial charge is 0.272 e. The number of ether oxygens (including phenoxy) is 4. The highest BCUT2D eigenvalue weighted by molar-refractivity contribution is 6.31. The second-order valence-corrected chi connectivity index (χ2v) is 10.4. The van der Waals surface area contributed by atoms with Crippen LogP contribution in [0.2, 0.25) is 5.02 Å². The van der Waals surface area contributed by atoms with Crippen LogP contribution < -0.4 is 15.0 Å². The van der Waals surface area contributed by atoms with Crippen molar-refractivity contribution in [3.05, 3.63) is 75.8 Å². The third-order valence-corrected chi connectivity index (χ3v) is 7.24. The minimum Gasteiger partial charge on any atom is -0.495 e. The molecule has 12 heteroatoms. The maximum absolute atomic E-state index is 13.9. The minimum absolute atomic E-state index is 0.0689. The van der Waals surface area contributed by atoms with Crippen LogP contribution in [-0.2, 0) is 27.7 Å². The Labute approximate surface area is 245 Å². The van der Waals surface area contributed by atoms with E-state index in [-0.39, 0.29) is 35.7 Å². The highest BCUT2D eigenvalue weighted by atomic mass is 35.5. The van der Waals surface area contributed by atoms with Gasteiger partial charge >= 0.3 is 0 Å². The van der Waals surface area contributed by atoms with Gasteiger partial charge in [0.1, 0.15) is 18.1 Å². The van der Waals surface area contributed by atoms with Crippen LogP contribution in [-0.4, -0.2) is 66.2 Å². The largest absolute Gasteiger partial charge is 0.495 e. The number of methoxy groups -OCH3 is 1. The highest BCUT2D eigenvalue weighted by Crippen LogP contribution is 2.38. The van der Waals surface area contributed by atoms with Gasteiger partial charge in [-0.1, -0.05) is 17.7 Å². The fourth-order valence-corrected chi connectivity index (χ4v) is 5.26. The van der Waals surface area contributed by atoms with Gasteiger partial charge < -0.3 is 23.5 Å². The number of halogens is 3. The first kappa shape index (κ1) is 29.7. The number of carbonyl (C=O) groups excluding carboxylic acids is 1. The van der Waals surface area contributed by atoms with E-state index in [1.54, 1.807) is 4.68 Å². The predicted molar refractivity (Wildman–Crippen MR) is 153 cm³/mol. The van der Waals surface area contributed by atoms with E-state index in [2.05, 4.69) is 5.10 Å². The van der Waals surface area contributed by atoms with Crippen LogP contribution >= 0.6 is 11.6 Å². The lowest BCUT2D eigenvalue weighted by Gasteiger charge is -2.28. The van der Waals surface area contributed by atoms with Gasteiger partial charge in [0.15, 0.2) is 5.78 Å². The number of pyridine rings is 1. The Morgan fingerprint density at radius 1 is 1.12 bits per heavy atom. The molecule has 2 atom stereocenters. The van der Waals surface area contributed by atoms with Crippen LogP contribution in [0.15, 0.2) is 59.7 Å². The minimum atomic E-state index is -2.69. The van der Waals surface area contributed by atoms with E-state index in [0.29, 0.717) is 30.4 Å². The molecular formula is C30H30ClF2N3O6. The maximum Gasteiger partial charge on any atom is 0.272 e. The van der Waals surface area contributed by atoms with E-state index in [1.807, 2.05) is 31.4 Å². The van der Waals surface area contributed by atoms with Crippen molar-refractivity contribution in [3.63, 3.8) is 0 Å². The van der Waals surface area contributed by atoms with Crippen molar-refractivity contribution in [1.29, 1.82) is 0 Å². The topological polar surface area (TPSA) is 93.8 Å². The van der Waals surface area contributed by atoms with E-state index in [1.165, 1.54) is 42.1 Å². The summed E-state index contributed by atoms with van der Waals surface area (Å²) in [4.78, 5) is 27.5. The molecule has 5 rings (SSSR count). The molecule has 9 nitrogen and oxygen atoms in total. The molecule has 2 unspecified atom stereocenters. The first-order chi connectivity index (χ1) is 20.2. The van der Waals surface area contributed by atoms with Gasteiger partial charge in [-0.25, -0.2) is 8.78 Å². The molecule has 1 saturated heterocycles. The lowest BCUT2D eigenvalue weighted by Crippen LogP contribution is -2.37. The summed E-state index contributed by atoms with van der Waals surface area (Å²) in [6.07, 6.45) is 0.507. The summed E-state index contributed by atoms with van der Waals surface area (Å²) in [6.45, 7) is 0.302. The maximum atomic E-state index is 13.9. The Balaban J connectivity index is 1.52. The van der Waals surface area contributed by atoms with Crippen LogP contribution in [0.1, 0.15) is 18.0 Å². The number of rotatable bonds is 11. The highest BCUT2D eigenvalue weighted by Gasteiger charge is 2.29. The SMILES string of the molecule is COc1cn(C(CC2COCCO2)C(=O)Cc2ccc3nn(C)cc3c2)c(=O)cc1-c1cc(Cl)ccc1OCC(F)F. The van der Waals surface area contributed by atoms with Gasteiger partial charge in [-0.05, 0) is 35.9 Å². The molecule has 0 N–H and O–H groups in total. The average molecular weight is 602 g/mol. The third-order valence-electron chi connectivity index (χ3n) is 7.00. The molecule has 222 valence electrons. The molecule has 0 radical (unpaired) electrons. The van der Waals surface area contributed by atoms with Crippen molar-refractivity contribution in [2.24, 2.45) is 7.05 Å². The number of alkyl halides is 2. The monoisotopic (exact) mass is 601 g/mol. The quantitative estimate of drug-likeness (QED) is 0.242. The fraction of sp³-hybridized carbons (Fsp3) is 0.367. The summed E-state index contributed by atoms with van der Waals surface area (Å²) in [5, 5.41) is 5.59. The first-order valence-electron chi connectivity index (χ1n) is 13.4. The van der Waals surface area contributed by atoms with Crippen LogP contribution in [0, 0.1) is 0 Å². The predicted octanol–water partition coefficient (Wildman–Crippen LogP) is 4.87. The van der Waals surface area contributed by atoms with Crippen LogP contribution in [0.3, 0.4) is 0 Å². The molecule has 0 amide bonds. The Bertz CT molecular complexity index is 1630. The number of aromatic nitrogens is 3. The lowest BCUT2D eigenvalue weighted by atomic mass is 9.97. The molecule has 1 fully saturated rings. The fourth-order valence-electron chi connectivity index (χ4n) is 5.09. The van der Waals surface area contributed by atoms with E-state index >= 15 is 0 Å². The summed E-state index contributed by atoms with van der Waals surface area (Å²) >= 11 is 6.21. The van der Waals surface area contributed by atoms with Crippen molar-refractivity contribution >= 4 is 28.3 Å². The van der Waals surface area contributed by atoms with E-state index in [0.717, 1.165) is 16.5 Å². The zero-order chi connectivity index (χ0) is 29.8. The van der Waals surface area contributed by atoms with Gasteiger partial charge in [-0.3, -0.25) is 14.3 Å². The van der Waals surface area contributed by atoms with Crippen LogP contribution in [0.4, 0.5) is 8.78 Å². The van der Waals surface area contributed by atoms with Crippen molar-refractivity contribution in [2.75, 3.05) is 33.5 Å². The van der Waals surface area contributed by atoms with Crippen molar-refractivity contribution in [2.45, 2.75) is 31.4 Å². The summed E-state index contributed by atoms with van der Waals surface area (Å²) < 4.78 is 51.1. The third kappa shape index (κ3) is 6.80. The number of carbonyl (C=O) groups is 1. The molecule has 0 bridgehead atoms. The average Bonchev–Trinajstić information content (AvgIpc) is 3.35. The molecule has 42 heavy (non-hydrogen) atoms. The summed E-state index contributed by atoms with van der Waals surface area (Å²) in [5.41, 5.74) is 1.69. The molecule has 2 aromatic carbocycles. The second kappa shape index (κ2) is 13.0. The molecule has 0 spiro atoms. The molecule has 0 saturated carbocycles. The Kier molecular flexibility index (Phi) is 9.20. The number of ketones is 1. The summed E-state index contributed by atoms with van der Waals surface area (Å²) in [7, 11) is 3.24. The number of hydrogen-bond acceptors (Lipinski definition) is 7. The molecule has 1 aliphatic rings. The van der Waals surface area contributed by atoms with E-state index in [4.69, 9.17) is 30.5 Å². The number of Topliss-reactive ketones (excluding diaryl/α,β-unsaturated/α-hetero) is 1. The molecular weight excluding hydrogens is 572 g/mol. The molecule has 0 aliphatic carbocycles. The summed E-state index contributed by atoms with van der Waals surface area (Å²) in [5.74, 6) is 0.142. The van der Waals surface area contributed by atoms with Gasteiger partial charge in [0.2, 0.25) is 0 Å². The first-order valence-corrected chi connectivity index (χ1v) is 13.7. The van der Waals surface area contributed by atoms with E-state index in [9.17, 15) is 18.4 Å².